The molecule has 2 N–H and O–H groups in total. The fourth-order valence-corrected chi connectivity index (χ4v) is 7.28. The lowest BCUT2D eigenvalue weighted by molar-refractivity contribution is -0.163. The first-order valence-electron chi connectivity index (χ1n) is 16.1. The molecular weight excluding hydrogens is 590 g/mol. The molecule has 0 radical (unpaired) electrons. The summed E-state index contributed by atoms with van der Waals surface area (Å²) in [6.45, 7) is 13.6. The molecule has 2 bridgehead atoms. The van der Waals surface area contributed by atoms with Crippen LogP contribution in [0.15, 0.2) is 55.6 Å². The number of methoxy groups -OCH3 is 1. The van der Waals surface area contributed by atoms with E-state index in [2.05, 4.69) is 18.5 Å². The molecule has 1 aromatic carbocycles. The number of aliphatic hydroxyl groups is 1. The molecule has 4 rings (SSSR count). The van der Waals surface area contributed by atoms with Gasteiger partial charge in [0.2, 0.25) is 17.7 Å². The van der Waals surface area contributed by atoms with Gasteiger partial charge in [0.05, 0.1) is 30.6 Å². The zero-order chi connectivity index (χ0) is 33.6. The van der Waals surface area contributed by atoms with E-state index in [0.29, 0.717) is 24.8 Å². The summed E-state index contributed by atoms with van der Waals surface area (Å²) < 4.78 is 18.3. The number of hydrogen-bond acceptors (Lipinski definition) is 8. The summed E-state index contributed by atoms with van der Waals surface area (Å²) in [6.07, 6.45) is 3.66. The number of benzene rings is 1. The third-order valence-electron chi connectivity index (χ3n) is 9.26. The van der Waals surface area contributed by atoms with Gasteiger partial charge in [0.25, 0.3) is 0 Å². The Kier molecular flexibility index (Phi) is 11.5. The molecule has 3 saturated heterocycles. The largest absolute Gasteiger partial charge is 0.455 e. The molecule has 3 fully saturated rings. The minimum Gasteiger partial charge on any atom is -0.455 e. The van der Waals surface area contributed by atoms with Gasteiger partial charge < -0.3 is 34.4 Å². The monoisotopic (exact) mass is 639 g/mol. The molecule has 3 aliphatic rings. The Morgan fingerprint density at radius 1 is 1.22 bits per heavy atom. The van der Waals surface area contributed by atoms with E-state index in [1.54, 1.807) is 17.1 Å². The van der Waals surface area contributed by atoms with Crippen molar-refractivity contribution in [2.45, 2.75) is 88.3 Å². The maximum Gasteiger partial charge on any atom is 0.313 e. The van der Waals surface area contributed by atoms with Crippen LogP contribution in [0.25, 0.3) is 0 Å². The summed E-state index contributed by atoms with van der Waals surface area (Å²) in [6, 6.07) is 7.41. The number of hydrogen-bond donors (Lipinski definition) is 2. The number of likely N-dealkylation sites (tertiary alicyclic amines) is 1. The van der Waals surface area contributed by atoms with Gasteiger partial charge in [-0.1, -0.05) is 42.5 Å². The fourth-order valence-electron chi connectivity index (χ4n) is 7.28. The average Bonchev–Trinajstić information content (AvgIpc) is 3.67. The van der Waals surface area contributed by atoms with Crippen molar-refractivity contribution in [3.8, 4) is 0 Å². The van der Waals surface area contributed by atoms with Gasteiger partial charge in [-0.2, -0.15) is 0 Å². The van der Waals surface area contributed by atoms with Gasteiger partial charge in [0, 0.05) is 38.8 Å². The van der Waals surface area contributed by atoms with Crippen molar-refractivity contribution in [1.29, 1.82) is 0 Å². The van der Waals surface area contributed by atoms with Crippen LogP contribution >= 0.6 is 0 Å². The van der Waals surface area contributed by atoms with Crippen LogP contribution in [0.2, 0.25) is 0 Å². The van der Waals surface area contributed by atoms with Crippen LogP contribution in [0.1, 0.15) is 64.5 Å². The highest BCUT2D eigenvalue weighted by Crippen LogP contribution is 2.59. The second-order valence-electron chi connectivity index (χ2n) is 13.3. The highest BCUT2D eigenvalue weighted by Gasteiger charge is 2.75. The normalized spacial score (nSPS) is 26.3. The quantitative estimate of drug-likeness (QED) is 0.208. The molecule has 0 aromatic heterocycles. The van der Waals surface area contributed by atoms with E-state index in [-0.39, 0.29) is 56.9 Å². The first kappa shape index (κ1) is 35.3. The van der Waals surface area contributed by atoms with E-state index < -0.39 is 53.2 Å². The number of amides is 3. The van der Waals surface area contributed by atoms with Crippen molar-refractivity contribution in [2.75, 3.05) is 33.4 Å². The van der Waals surface area contributed by atoms with Crippen molar-refractivity contribution in [2.24, 2.45) is 11.8 Å². The molecular formula is C35H49N3O8. The Morgan fingerprint density at radius 2 is 1.93 bits per heavy atom. The van der Waals surface area contributed by atoms with Crippen LogP contribution in [0, 0.1) is 11.8 Å². The van der Waals surface area contributed by atoms with Gasteiger partial charge in [-0.3, -0.25) is 19.2 Å². The van der Waals surface area contributed by atoms with Gasteiger partial charge in [0.1, 0.15) is 17.7 Å². The average molecular weight is 640 g/mol. The minimum absolute atomic E-state index is 0.0705. The number of nitrogens with one attached hydrogen (secondary N) is 1. The number of aliphatic hydroxyl groups excluding tert-OH is 1. The van der Waals surface area contributed by atoms with Crippen molar-refractivity contribution >= 4 is 23.7 Å². The number of allylic oxidation sites excluding steroid dienone is 1. The van der Waals surface area contributed by atoms with Crippen molar-refractivity contribution in [3.05, 3.63) is 61.2 Å². The number of carbonyl (C=O) groups is 4. The number of rotatable bonds is 16. The predicted molar refractivity (Wildman–Crippen MR) is 171 cm³/mol. The molecule has 252 valence electrons. The molecule has 1 aromatic rings. The molecule has 7 atom stereocenters. The highest BCUT2D eigenvalue weighted by atomic mass is 16.6. The molecule has 3 aliphatic heterocycles. The second kappa shape index (κ2) is 14.9. The molecule has 46 heavy (non-hydrogen) atoms. The van der Waals surface area contributed by atoms with Gasteiger partial charge in [-0.25, -0.2) is 0 Å². The van der Waals surface area contributed by atoms with Crippen LogP contribution in [-0.4, -0.2) is 101 Å². The Morgan fingerprint density at radius 3 is 2.54 bits per heavy atom. The topological polar surface area (TPSA) is 135 Å². The van der Waals surface area contributed by atoms with Crippen LogP contribution in [0.3, 0.4) is 0 Å². The summed E-state index contributed by atoms with van der Waals surface area (Å²) in [5.41, 5.74) is -1.13. The third kappa shape index (κ3) is 6.91. The number of fused-ring (bicyclic) bond motifs is 1. The fraction of sp³-hybridized carbons (Fsp3) is 0.600. The number of ether oxygens (including phenoxy) is 3. The van der Waals surface area contributed by atoms with Gasteiger partial charge in [0.15, 0.2) is 0 Å². The standard InChI is InChI=1S/C35H49N3O8/c1-7-9-16-26(40)36-24(22-44-6)29(23-14-11-10-12-15-23)45-33(43)27-25-17-18-35(46-25)28(27)31(41)37(20-13-21-39)30(35)32(42)38(19-8-2)34(3,4)5/h7-8,10-12,14-15,24-25,27-30,39H,1-2,9,13,16-22H2,3-6H3,(H,36,40)/t24-,25+,27-,28-,29-,30+,35-/m1/s1. The minimum atomic E-state index is -1.21. The Bertz CT molecular complexity index is 1280. The highest BCUT2D eigenvalue weighted by molar-refractivity contribution is 5.98. The molecule has 1 spiro atoms. The Balaban J connectivity index is 1.69. The van der Waals surface area contributed by atoms with Crippen LogP contribution in [0.5, 0.6) is 0 Å². The van der Waals surface area contributed by atoms with Gasteiger partial charge >= 0.3 is 5.97 Å². The molecule has 0 aliphatic carbocycles. The van der Waals surface area contributed by atoms with Crippen LogP contribution in [-0.2, 0) is 33.4 Å². The smallest absolute Gasteiger partial charge is 0.313 e. The number of carbonyl (C=O) groups excluding carboxylic acids is 4. The lowest BCUT2D eigenvalue weighted by Crippen LogP contribution is -2.60. The van der Waals surface area contributed by atoms with Crippen molar-refractivity contribution in [1.82, 2.24) is 15.1 Å². The first-order chi connectivity index (χ1) is 21.9. The lowest BCUT2D eigenvalue weighted by Gasteiger charge is -2.42. The number of esters is 1. The second-order valence-corrected chi connectivity index (χ2v) is 13.3. The lowest BCUT2D eigenvalue weighted by atomic mass is 9.70. The maximum absolute atomic E-state index is 14.4. The summed E-state index contributed by atoms with van der Waals surface area (Å²) in [7, 11) is 1.50. The third-order valence-corrected chi connectivity index (χ3v) is 9.26. The predicted octanol–water partition coefficient (Wildman–Crippen LogP) is 2.94. The van der Waals surface area contributed by atoms with Crippen LogP contribution < -0.4 is 5.32 Å². The maximum atomic E-state index is 14.4. The molecule has 11 heteroatoms. The summed E-state index contributed by atoms with van der Waals surface area (Å²) in [5.74, 6) is -3.39. The molecule has 0 saturated carbocycles. The van der Waals surface area contributed by atoms with E-state index in [4.69, 9.17) is 14.2 Å². The Hall–Kier alpha value is -3.54. The van der Waals surface area contributed by atoms with E-state index in [9.17, 15) is 24.3 Å². The van der Waals surface area contributed by atoms with E-state index >= 15 is 0 Å². The van der Waals surface area contributed by atoms with Crippen LogP contribution in [0.4, 0.5) is 0 Å². The zero-order valence-corrected chi connectivity index (χ0v) is 27.5. The van der Waals surface area contributed by atoms with Gasteiger partial charge in [-0.05, 0) is 52.0 Å². The Labute approximate surface area is 271 Å². The van der Waals surface area contributed by atoms with E-state index in [1.807, 2.05) is 51.1 Å². The van der Waals surface area contributed by atoms with Gasteiger partial charge in [-0.15, -0.1) is 13.2 Å². The summed E-state index contributed by atoms with van der Waals surface area (Å²) in [4.78, 5) is 58.8. The summed E-state index contributed by atoms with van der Waals surface area (Å²) >= 11 is 0. The SMILES string of the molecule is C=CCCC(=O)N[C@H](COC)[C@H](OC(=O)[C@@H]1[C@@H]2CC[C@]3(O2)[C@H](C(=O)N(CC=C)C(C)(C)C)N(CCCO)C(=O)[C@@H]13)c1ccccc1. The molecule has 3 amide bonds. The van der Waals surface area contributed by atoms with Crippen molar-refractivity contribution in [3.63, 3.8) is 0 Å². The summed E-state index contributed by atoms with van der Waals surface area (Å²) in [5, 5.41) is 12.6. The number of nitrogens with zero attached hydrogens (tertiary/aromatic N) is 2. The molecule has 11 nitrogen and oxygen atoms in total. The van der Waals surface area contributed by atoms with Crippen molar-refractivity contribution < 1.29 is 38.5 Å². The van der Waals surface area contributed by atoms with E-state index in [1.165, 1.54) is 12.0 Å². The molecule has 3 heterocycles. The molecule has 0 unspecified atom stereocenters. The first-order valence-corrected chi connectivity index (χ1v) is 16.1. The zero-order valence-electron chi connectivity index (χ0n) is 27.5. The van der Waals surface area contributed by atoms with E-state index in [0.717, 1.165) is 0 Å².